The number of benzene rings is 2. The van der Waals surface area contributed by atoms with Gasteiger partial charge in [-0.2, -0.15) is 4.98 Å². The second kappa shape index (κ2) is 15.0. The summed E-state index contributed by atoms with van der Waals surface area (Å²) >= 11 is 0. The number of aryl methyl sites for hydroxylation is 1. The van der Waals surface area contributed by atoms with Gasteiger partial charge in [-0.15, -0.1) is 6.58 Å². The summed E-state index contributed by atoms with van der Waals surface area (Å²) in [5.74, 6) is -0.458. The number of carbonyl (C=O) groups is 4. The first kappa shape index (κ1) is 39.2. The molecule has 16 heteroatoms. The summed E-state index contributed by atoms with van der Waals surface area (Å²) in [4.78, 5) is 87.6. The molecule has 0 saturated carbocycles. The van der Waals surface area contributed by atoms with Crippen molar-refractivity contribution in [2.75, 3.05) is 54.4 Å². The van der Waals surface area contributed by atoms with Gasteiger partial charge in [-0.25, -0.2) is 19.3 Å². The van der Waals surface area contributed by atoms with Gasteiger partial charge in [0.15, 0.2) is 11.5 Å². The van der Waals surface area contributed by atoms with Crippen molar-refractivity contribution in [3.63, 3.8) is 0 Å². The Kier molecular flexibility index (Phi) is 9.33. The summed E-state index contributed by atoms with van der Waals surface area (Å²) < 4.78 is 3.42. The van der Waals surface area contributed by atoms with Crippen LogP contribution in [0.2, 0.25) is 0 Å². The maximum Gasteiger partial charge on any atom is 0.278 e. The zero-order valence-electron chi connectivity index (χ0n) is 35.3. The van der Waals surface area contributed by atoms with Gasteiger partial charge in [0.25, 0.3) is 17.4 Å². The van der Waals surface area contributed by atoms with Gasteiger partial charge < -0.3 is 15.1 Å². The molecule has 5 aromatic rings. The van der Waals surface area contributed by atoms with E-state index in [2.05, 4.69) is 62.0 Å². The van der Waals surface area contributed by atoms with Gasteiger partial charge >= 0.3 is 0 Å². The number of aromatic nitrogens is 5. The Hall–Kier alpha value is -6.68. The smallest absolute Gasteiger partial charge is 0.278 e. The highest BCUT2D eigenvalue weighted by Gasteiger charge is 2.53. The zero-order chi connectivity index (χ0) is 43.1. The highest BCUT2D eigenvalue weighted by atomic mass is 16.2. The molecule has 6 aliphatic rings. The lowest BCUT2D eigenvalue weighted by Gasteiger charge is -2.63. The van der Waals surface area contributed by atoms with E-state index in [0.717, 1.165) is 99.0 Å². The Bertz CT molecular complexity index is 2790. The van der Waals surface area contributed by atoms with Crippen molar-refractivity contribution < 1.29 is 19.2 Å². The van der Waals surface area contributed by atoms with Crippen LogP contribution in [0.5, 0.6) is 0 Å². The average Bonchev–Trinajstić information content (AvgIpc) is 3.89. The van der Waals surface area contributed by atoms with E-state index in [-0.39, 0.29) is 29.7 Å². The van der Waals surface area contributed by atoms with E-state index in [1.54, 1.807) is 33.8 Å². The van der Waals surface area contributed by atoms with E-state index in [0.29, 0.717) is 52.4 Å². The topological polar surface area (TPSA) is 171 Å². The number of allylic oxidation sites excluding steroid dienone is 1. The molecule has 2 aromatic carbocycles. The van der Waals surface area contributed by atoms with Crippen LogP contribution in [-0.2, 0) is 22.6 Å². The van der Waals surface area contributed by atoms with E-state index in [1.165, 1.54) is 5.56 Å². The van der Waals surface area contributed by atoms with Crippen LogP contribution in [-0.4, -0.2) is 109 Å². The van der Waals surface area contributed by atoms with Crippen LogP contribution >= 0.6 is 0 Å². The minimum absolute atomic E-state index is 0.0923. The lowest BCUT2D eigenvalue weighted by atomic mass is 9.71. The lowest BCUT2D eigenvalue weighted by molar-refractivity contribution is -0.136. The molecule has 0 bridgehead atoms. The number of likely N-dealkylation sites (tertiary alicyclic amines) is 1. The molecule has 11 rings (SSSR count). The Balaban J connectivity index is 0.704. The monoisotopic (exact) mass is 847 g/mol. The number of rotatable bonds is 10. The van der Waals surface area contributed by atoms with Crippen molar-refractivity contribution in [1.82, 2.24) is 39.4 Å². The van der Waals surface area contributed by atoms with Crippen LogP contribution in [0.15, 0.2) is 78.2 Å². The predicted molar refractivity (Wildman–Crippen MR) is 237 cm³/mol. The highest BCUT2D eigenvalue weighted by Crippen LogP contribution is 2.45. The van der Waals surface area contributed by atoms with E-state index < -0.39 is 23.8 Å². The summed E-state index contributed by atoms with van der Waals surface area (Å²) in [5.41, 5.74) is 6.40. The van der Waals surface area contributed by atoms with Crippen molar-refractivity contribution >= 4 is 57.7 Å². The molecule has 16 nitrogen and oxygen atoms in total. The summed E-state index contributed by atoms with van der Waals surface area (Å²) in [6.45, 7) is 12.0. The van der Waals surface area contributed by atoms with E-state index in [4.69, 9.17) is 9.97 Å². The molecule has 4 fully saturated rings. The minimum atomic E-state index is -0.979. The fourth-order valence-corrected chi connectivity index (χ4v) is 11.0. The number of nitrogens with one attached hydrogen (secondary N) is 2. The number of anilines is 4. The Morgan fingerprint density at radius 2 is 1.67 bits per heavy atom. The van der Waals surface area contributed by atoms with Crippen LogP contribution < -0.4 is 26.0 Å². The fourth-order valence-electron chi connectivity index (χ4n) is 11.0. The van der Waals surface area contributed by atoms with Gasteiger partial charge in [0.2, 0.25) is 17.8 Å². The third-order valence-electron chi connectivity index (χ3n) is 14.2. The van der Waals surface area contributed by atoms with Crippen LogP contribution in [0.3, 0.4) is 0 Å². The molecule has 4 amide bonds. The van der Waals surface area contributed by atoms with Crippen molar-refractivity contribution in [3.8, 4) is 5.82 Å². The van der Waals surface area contributed by atoms with Gasteiger partial charge in [0.05, 0.1) is 23.4 Å². The molecule has 63 heavy (non-hydrogen) atoms. The van der Waals surface area contributed by atoms with Crippen molar-refractivity contribution in [1.29, 1.82) is 0 Å². The van der Waals surface area contributed by atoms with Gasteiger partial charge in [0, 0.05) is 86.3 Å². The van der Waals surface area contributed by atoms with Gasteiger partial charge in [-0.05, 0) is 86.6 Å². The van der Waals surface area contributed by atoms with Crippen LogP contribution in [0.4, 0.5) is 23.0 Å². The van der Waals surface area contributed by atoms with Gasteiger partial charge in [-0.1, -0.05) is 25.1 Å². The Morgan fingerprint density at radius 1 is 0.873 bits per heavy atom. The Labute approximate surface area is 363 Å². The zero-order valence-corrected chi connectivity index (χ0v) is 35.3. The summed E-state index contributed by atoms with van der Waals surface area (Å²) in [7, 11) is 0. The first-order valence-corrected chi connectivity index (χ1v) is 22.2. The second-order valence-electron chi connectivity index (χ2n) is 18.1. The number of amides is 4. The van der Waals surface area contributed by atoms with Crippen LogP contribution in [0.25, 0.3) is 16.9 Å². The third kappa shape index (κ3) is 6.44. The molecule has 2 unspecified atom stereocenters. The molecular weight excluding hydrogens is 799 g/mol. The number of imide groups is 2. The number of nitrogens with zero attached hydrogens (tertiary/aromatic N) is 9. The summed E-state index contributed by atoms with van der Waals surface area (Å²) in [6, 6.07) is 17.3. The molecular formula is C47H49N11O5. The van der Waals surface area contributed by atoms with Crippen molar-refractivity contribution in [2.24, 2.45) is 5.41 Å². The third-order valence-corrected chi connectivity index (χ3v) is 14.2. The van der Waals surface area contributed by atoms with Crippen molar-refractivity contribution in [2.45, 2.75) is 76.4 Å². The number of pyridine rings is 1. The second-order valence-corrected chi connectivity index (χ2v) is 18.1. The number of piperidine rings is 2. The summed E-state index contributed by atoms with van der Waals surface area (Å²) in [6.07, 6.45) is 8.57. The summed E-state index contributed by atoms with van der Waals surface area (Å²) in [5, 5.41) is 6.05. The SMILES string of the molecule is C=CCn1c(=O)c2cnc(Nc3ccc(N4CC5(C4)CN(C4CCN(c6cccc7c6C(=O)N(C6CCC(=O)NC6=O)C7=O)CC4)C5)cc3)nc2n1-c1ccc2c(n1)C(CC)CC2. The lowest BCUT2D eigenvalue weighted by Crippen LogP contribution is -2.74. The van der Waals surface area contributed by atoms with E-state index in [9.17, 15) is 24.0 Å². The molecule has 8 heterocycles. The molecule has 3 aromatic heterocycles. The molecule has 5 aliphatic heterocycles. The fraction of sp³-hybridized carbons (Fsp3) is 0.404. The molecule has 1 spiro atoms. The maximum absolute atomic E-state index is 13.7. The molecule has 322 valence electrons. The Morgan fingerprint density at radius 3 is 2.41 bits per heavy atom. The number of hydrogen-bond donors (Lipinski definition) is 2. The molecule has 0 radical (unpaired) electrons. The number of carbonyl (C=O) groups excluding carboxylic acids is 4. The quantitative estimate of drug-likeness (QED) is 0.149. The van der Waals surface area contributed by atoms with Gasteiger partial charge in [-0.3, -0.25) is 39.1 Å². The normalized spacial score (nSPS) is 22.0. The molecule has 4 saturated heterocycles. The van der Waals surface area contributed by atoms with Crippen LogP contribution in [0.1, 0.15) is 83.3 Å². The largest absolute Gasteiger partial charge is 0.371 e. The number of hydrogen-bond acceptors (Lipinski definition) is 12. The highest BCUT2D eigenvalue weighted by molar-refractivity contribution is 6.25. The van der Waals surface area contributed by atoms with E-state index in [1.807, 2.05) is 24.3 Å². The van der Waals surface area contributed by atoms with Crippen LogP contribution in [0, 0.1) is 5.41 Å². The predicted octanol–water partition coefficient (Wildman–Crippen LogP) is 4.54. The molecule has 1 aliphatic carbocycles. The first-order chi connectivity index (χ1) is 30.6. The first-order valence-electron chi connectivity index (χ1n) is 22.2. The minimum Gasteiger partial charge on any atom is -0.371 e. The molecule has 2 atom stereocenters. The maximum atomic E-state index is 13.7. The number of fused-ring (bicyclic) bond motifs is 3. The van der Waals surface area contributed by atoms with Crippen molar-refractivity contribution in [3.05, 3.63) is 106 Å². The van der Waals surface area contributed by atoms with Gasteiger partial charge in [0.1, 0.15) is 11.4 Å². The van der Waals surface area contributed by atoms with E-state index >= 15 is 0 Å². The standard InChI is InChI=1S/C47H49N11O5/c1-3-20-56-43(61)34-23-48-46(52-41(34)58(56)37-16-10-29-9-8-28(4-2)40(29)50-37)49-30-11-13-31(14-12-30)54-24-47(25-54)26-55(27-47)32-18-21-53(22-19-32)35-7-5-6-33-39(35)45(63)57(44(33)62)36-15-17-38(59)51-42(36)60/h3,5-7,10-14,16,23,28,32,36H,1,4,8-9,15,17-22,24-27H2,2H3,(H,48,49,52)(H,51,59,60). The molecule has 2 N–H and O–H groups in total. The average molecular weight is 848 g/mol.